The van der Waals surface area contributed by atoms with Crippen molar-refractivity contribution in [2.75, 3.05) is 70.9 Å². The summed E-state index contributed by atoms with van der Waals surface area (Å²) in [6, 6.07) is 6.08. The van der Waals surface area contributed by atoms with E-state index in [2.05, 4.69) is 45.0 Å². The molecule has 0 spiro atoms. The van der Waals surface area contributed by atoms with Crippen LogP contribution in [0.15, 0.2) is 29.4 Å². The molecule has 0 bridgehead atoms. The Labute approximate surface area is 150 Å². The Morgan fingerprint density at radius 2 is 2.12 bits per heavy atom. The first kappa shape index (κ1) is 17.9. The molecule has 1 aromatic heterocycles. The molecule has 0 aliphatic carbocycles. The van der Waals surface area contributed by atoms with Crippen LogP contribution in [0, 0.1) is 0 Å². The van der Waals surface area contributed by atoms with Crippen molar-refractivity contribution in [1.82, 2.24) is 20.1 Å². The van der Waals surface area contributed by atoms with Crippen LogP contribution in [-0.4, -0.2) is 92.9 Å². The smallest absolute Gasteiger partial charge is 0.194 e. The lowest BCUT2D eigenvalue weighted by atomic mass is 10.3. The fourth-order valence-electron chi connectivity index (χ4n) is 3.28. The zero-order chi connectivity index (χ0) is 17.5. The number of rotatable bonds is 4. The number of piperazine rings is 1. The summed E-state index contributed by atoms with van der Waals surface area (Å²) in [7, 11) is 2.14. The van der Waals surface area contributed by atoms with Gasteiger partial charge in [0.25, 0.3) is 0 Å². The molecule has 7 nitrogen and oxygen atoms in total. The summed E-state index contributed by atoms with van der Waals surface area (Å²) in [6.45, 7) is 10.3. The predicted octanol–water partition coefficient (Wildman–Crippen LogP) is 0.500. The first-order valence-corrected chi connectivity index (χ1v) is 9.25. The van der Waals surface area contributed by atoms with E-state index in [9.17, 15) is 0 Å². The summed E-state index contributed by atoms with van der Waals surface area (Å²) < 4.78 is 5.83. The second-order valence-corrected chi connectivity index (χ2v) is 6.61. The third-order valence-corrected chi connectivity index (χ3v) is 4.67. The number of morpholine rings is 1. The Kier molecular flexibility index (Phi) is 6.47. The summed E-state index contributed by atoms with van der Waals surface area (Å²) >= 11 is 0. The van der Waals surface area contributed by atoms with E-state index in [1.807, 2.05) is 18.3 Å². The standard InChI is InChI=1S/C18H30N6O/c1-3-19-18(21-14-16-15-22(2)12-13-25-16)24-10-8-23(9-11-24)17-6-4-5-7-20-17/h4-7,16H,3,8-15H2,1-2H3,(H,19,21). The number of hydrogen-bond donors (Lipinski definition) is 1. The maximum atomic E-state index is 5.83. The van der Waals surface area contributed by atoms with Gasteiger partial charge in [0, 0.05) is 52.0 Å². The van der Waals surface area contributed by atoms with Crippen molar-refractivity contribution >= 4 is 11.8 Å². The highest BCUT2D eigenvalue weighted by atomic mass is 16.5. The second-order valence-electron chi connectivity index (χ2n) is 6.61. The van der Waals surface area contributed by atoms with Gasteiger partial charge in [0.2, 0.25) is 0 Å². The number of aliphatic imine (C=N–C) groups is 1. The van der Waals surface area contributed by atoms with Gasteiger partial charge in [-0.15, -0.1) is 0 Å². The molecule has 1 unspecified atom stereocenters. The van der Waals surface area contributed by atoms with E-state index in [0.717, 1.165) is 64.2 Å². The fraction of sp³-hybridized carbons (Fsp3) is 0.667. The van der Waals surface area contributed by atoms with Gasteiger partial charge in [-0.1, -0.05) is 6.07 Å². The molecule has 0 aromatic carbocycles. The van der Waals surface area contributed by atoms with Gasteiger partial charge in [0.15, 0.2) is 5.96 Å². The van der Waals surface area contributed by atoms with Crippen LogP contribution in [0.25, 0.3) is 0 Å². The Morgan fingerprint density at radius 1 is 1.28 bits per heavy atom. The molecule has 1 atom stereocenters. The van der Waals surface area contributed by atoms with E-state index in [1.165, 1.54) is 0 Å². The molecule has 2 saturated heterocycles. The number of nitrogens with one attached hydrogen (secondary N) is 1. The lowest BCUT2D eigenvalue weighted by molar-refractivity contribution is -0.0137. The normalized spacial score (nSPS) is 23.0. The summed E-state index contributed by atoms with van der Waals surface area (Å²) in [5, 5.41) is 3.43. The second kappa shape index (κ2) is 9.01. The number of aromatic nitrogens is 1. The molecule has 25 heavy (non-hydrogen) atoms. The van der Waals surface area contributed by atoms with Crippen molar-refractivity contribution in [3.8, 4) is 0 Å². The highest BCUT2D eigenvalue weighted by molar-refractivity contribution is 5.80. The van der Waals surface area contributed by atoms with Crippen LogP contribution in [0.2, 0.25) is 0 Å². The highest BCUT2D eigenvalue weighted by Gasteiger charge is 2.22. The number of hydrogen-bond acceptors (Lipinski definition) is 5. The monoisotopic (exact) mass is 346 g/mol. The summed E-state index contributed by atoms with van der Waals surface area (Å²) in [6.07, 6.45) is 2.05. The quantitative estimate of drug-likeness (QED) is 0.633. The van der Waals surface area contributed by atoms with E-state index in [1.54, 1.807) is 0 Å². The Hall–Kier alpha value is -1.86. The zero-order valence-corrected chi connectivity index (χ0v) is 15.4. The summed E-state index contributed by atoms with van der Waals surface area (Å²) in [4.78, 5) is 16.3. The molecule has 2 fully saturated rings. The third kappa shape index (κ3) is 5.06. The van der Waals surface area contributed by atoms with Gasteiger partial charge in [-0.25, -0.2) is 4.98 Å². The van der Waals surface area contributed by atoms with Gasteiger partial charge in [0.1, 0.15) is 5.82 Å². The summed E-state index contributed by atoms with van der Waals surface area (Å²) in [5.41, 5.74) is 0. The molecule has 3 heterocycles. The average Bonchev–Trinajstić information content (AvgIpc) is 2.66. The number of nitrogens with zero attached hydrogens (tertiary/aromatic N) is 5. The van der Waals surface area contributed by atoms with Gasteiger partial charge in [-0.3, -0.25) is 4.99 Å². The first-order chi connectivity index (χ1) is 12.3. The lowest BCUT2D eigenvalue weighted by Gasteiger charge is -2.37. The predicted molar refractivity (Wildman–Crippen MR) is 101 cm³/mol. The van der Waals surface area contributed by atoms with E-state index in [4.69, 9.17) is 9.73 Å². The minimum absolute atomic E-state index is 0.196. The molecule has 0 saturated carbocycles. The van der Waals surface area contributed by atoms with Crippen LogP contribution in [0.5, 0.6) is 0 Å². The van der Waals surface area contributed by atoms with E-state index >= 15 is 0 Å². The van der Waals surface area contributed by atoms with Gasteiger partial charge in [0.05, 0.1) is 19.3 Å². The van der Waals surface area contributed by atoms with Gasteiger partial charge >= 0.3 is 0 Å². The number of anilines is 1. The number of likely N-dealkylation sites (N-methyl/N-ethyl adjacent to an activating group) is 1. The molecule has 0 radical (unpaired) electrons. The van der Waals surface area contributed by atoms with Crippen molar-refractivity contribution in [3.63, 3.8) is 0 Å². The molecule has 1 aromatic rings. The molecule has 1 N–H and O–H groups in total. The third-order valence-electron chi connectivity index (χ3n) is 4.67. The van der Waals surface area contributed by atoms with Crippen LogP contribution < -0.4 is 10.2 Å². The number of ether oxygens (including phenoxy) is 1. The molecule has 0 amide bonds. The van der Waals surface area contributed by atoms with Crippen LogP contribution in [0.4, 0.5) is 5.82 Å². The maximum Gasteiger partial charge on any atom is 0.194 e. The number of guanidine groups is 1. The van der Waals surface area contributed by atoms with Gasteiger partial charge in [-0.05, 0) is 26.1 Å². The highest BCUT2D eigenvalue weighted by Crippen LogP contribution is 2.12. The number of pyridine rings is 1. The van der Waals surface area contributed by atoms with Crippen LogP contribution in [0.3, 0.4) is 0 Å². The Bertz CT molecular complexity index is 544. The Morgan fingerprint density at radius 3 is 2.80 bits per heavy atom. The van der Waals surface area contributed by atoms with Crippen molar-refractivity contribution < 1.29 is 4.74 Å². The maximum absolute atomic E-state index is 5.83. The van der Waals surface area contributed by atoms with Crippen molar-refractivity contribution in [2.24, 2.45) is 4.99 Å². The topological polar surface area (TPSA) is 56.2 Å². The molecular formula is C18H30N6O. The van der Waals surface area contributed by atoms with Crippen molar-refractivity contribution in [3.05, 3.63) is 24.4 Å². The molecule has 2 aliphatic rings. The van der Waals surface area contributed by atoms with Crippen LogP contribution >= 0.6 is 0 Å². The van der Waals surface area contributed by atoms with E-state index in [-0.39, 0.29) is 6.10 Å². The van der Waals surface area contributed by atoms with Crippen molar-refractivity contribution in [1.29, 1.82) is 0 Å². The molecule has 2 aliphatic heterocycles. The van der Waals surface area contributed by atoms with E-state index < -0.39 is 0 Å². The SMILES string of the molecule is CCNC(=NCC1CN(C)CCO1)N1CCN(c2ccccn2)CC1. The minimum atomic E-state index is 0.196. The van der Waals surface area contributed by atoms with Gasteiger partial charge in [-0.2, -0.15) is 0 Å². The zero-order valence-electron chi connectivity index (χ0n) is 15.4. The minimum Gasteiger partial charge on any atom is -0.374 e. The van der Waals surface area contributed by atoms with Crippen LogP contribution in [0.1, 0.15) is 6.92 Å². The fourth-order valence-corrected chi connectivity index (χ4v) is 3.28. The Balaban J connectivity index is 1.55. The summed E-state index contributed by atoms with van der Waals surface area (Å²) in [5.74, 6) is 2.06. The molecule has 7 heteroatoms. The van der Waals surface area contributed by atoms with E-state index in [0.29, 0.717) is 6.54 Å². The van der Waals surface area contributed by atoms with Crippen molar-refractivity contribution in [2.45, 2.75) is 13.0 Å². The molecular weight excluding hydrogens is 316 g/mol. The van der Waals surface area contributed by atoms with Crippen LogP contribution in [-0.2, 0) is 4.74 Å². The molecule has 138 valence electrons. The first-order valence-electron chi connectivity index (χ1n) is 9.25. The largest absolute Gasteiger partial charge is 0.374 e. The molecule has 3 rings (SSSR count). The average molecular weight is 346 g/mol. The van der Waals surface area contributed by atoms with Gasteiger partial charge < -0.3 is 24.8 Å². The lowest BCUT2D eigenvalue weighted by Crippen LogP contribution is -2.53.